The third kappa shape index (κ3) is 4.32. The highest BCUT2D eigenvalue weighted by Crippen LogP contribution is 2.31. The maximum absolute atomic E-state index is 6.10. The molecule has 0 saturated carbocycles. The van der Waals surface area contributed by atoms with Crippen molar-refractivity contribution in [3.8, 4) is 5.75 Å². The summed E-state index contributed by atoms with van der Waals surface area (Å²) in [6.07, 6.45) is 1.14. The molecule has 0 unspecified atom stereocenters. The molecule has 1 N–H and O–H groups in total. The van der Waals surface area contributed by atoms with E-state index in [1.165, 1.54) is 0 Å². The van der Waals surface area contributed by atoms with Crippen LogP contribution in [0.2, 0.25) is 5.02 Å². The van der Waals surface area contributed by atoms with E-state index in [0.29, 0.717) is 11.6 Å². The lowest BCUT2D eigenvalue weighted by Gasteiger charge is -2.11. The molecule has 1 aromatic carbocycles. The van der Waals surface area contributed by atoms with Crippen molar-refractivity contribution in [3.05, 3.63) is 27.2 Å². The zero-order chi connectivity index (χ0) is 12.0. The first-order valence-corrected chi connectivity index (χ1v) is 6.61. The second-order valence-corrected chi connectivity index (χ2v) is 4.95. The van der Waals surface area contributed by atoms with Gasteiger partial charge in [-0.1, -0.05) is 34.5 Å². The molecule has 0 aromatic heterocycles. The van der Waals surface area contributed by atoms with E-state index >= 15 is 0 Å². The highest BCUT2D eigenvalue weighted by atomic mass is 79.9. The quantitative estimate of drug-likeness (QED) is 0.807. The van der Waals surface area contributed by atoms with Crippen LogP contribution in [0.5, 0.6) is 5.75 Å². The number of aryl methyl sites for hydroxylation is 1. The third-order valence-electron chi connectivity index (χ3n) is 2.15. The summed E-state index contributed by atoms with van der Waals surface area (Å²) in [5.74, 6) is 0.781. The number of benzene rings is 1. The smallest absolute Gasteiger partial charge is 0.140 e. The van der Waals surface area contributed by atoms with Gasteiger partial charge >= 0.3 is 0 Å². The van der Waals surface area contributed by atoms with E-state index in [0.717, 1.165) is 35.3 Å². The first-order chi connectivity index (χ1) is 7.65. The van der Waals surface area contributed by atoms with Crippen molar-refractivity contribution in [1.82, 2.24) is 5.32 Å². The average molecular weight is 307 g/mol. The van der Waals surface area contributed by atoms with Crippen molar-refractivity contribution >= 4 is 27.5 Å². The van der Waals surface area contributed by atoms with Crippen molar-refractivity contribution in [2.45, 2.75) is 20.3 Å². The van der Waals surface area contributed by atoms with E-state index in [2.05, 4.69) is 28.2 Å². The Morgan fingerprint density at radius 2 is 2.12 bits per heavy atom. The molecule has 0 heterocycles. The SMILES string of the molecule is CCCNCCOc1c(C)cc(Br)cc1Cl. The number of nitrogens with one attached hydrogen (secondary N) is 1. The van der Waals surface area contributed by atoms with Gasteiger partial charge in [0.15, 0.2) is 0 Å². The zero-order valence-electron chi connectivity index (χ0n) is 9.65. The van der Waals surface area contributed by atoms with E-state index in [-0.39, 0.29) is 0 Å². The molecular formula is C12H17BrClNO. The molecule has 0 aliphatic heterocycles. The molecule has 0 fully saturated rings. The van der Waals surface area contributed by atoms with Crippen molar-refractivity contribution in [3.63, 3.8) is 0 Å². The standard InChI is InChI=1S/C12H17BrClNO/c1-3-4-15-5-6-16-12-9(2)7-10(13)8-11(12)14/h7-8,15H,3-6H2,1-2H3. The van der Waals surface area contributed by atoms with Gasteiger partial charge in [-0.25, -0.2) is 0 Å². The minimum absolute atomic E-state index is 0.641. The topological polar surface area (TPSA) is 21.3 Å². The van der Waals surface area contributed by atoms with Crippen LogP contribution in [-0.2, 0) is 0 Å². The number of halogens is 2. The Morgan fingerprint density at radius 1 is 1.38 bits per heavy atom. The molecule has 0 atom stereocenters. The third-order valence-corrected chi connectivity index (χ3v) is 2.88. The minimum Gasteiger partial charge on any atom is -0.490 e. The van der Waals surface area contributed by atoms with Crippen LogP contribution in [0.3, 0.4) is 0 Å². The molecule has 1 rings (SSSR count). The van der Waals surface area contributed by atoms with E-state index in [1.54, 1.807) is 0 Å². The van der Waals surface area contributed by atoms with Crippen LogP contribution in [0.25, 0.3) is 0 Å². The number of rotatable bonds is 6. The van der Waals surface area contributed by atoms with Gasteiger partial charge in [0, 0.05) is 11.0 Å². The van der Waals surface area contributed by atoms with Crippen molar-refractivity contribution in [2.24, 2.45) is 0 Å². The normalized spacial score (nSPS) is 10.5. The van der Waals surface area contributed by atoms with Gasteiger partial charge in [-0.2, -0.15) is 0 Å². The van der Waals surface area contributed by atoms with Crippen molar-refractivity contribution < 1.29 is 4.74 Å². The van der Waals surface area contributed by atoms with Crippen LogP contribution in [0.15, 0.2) is 16.6 Å². The average Bonchev–Trinajstić information content (AvgIpc) is 2.20. The Labute approximate surface area is 110 Å². The summed E-state index contributed by atoms with van der Waals surface area (Å²) in [5, 5.41) is 3.93. The molecule has 16 heavy (non-hydrogen) atoms. The van der Waals surface area contributed by atoms with E-state index in [9.17, 15) is 0 Å². The maximum Gasteiger partial charge on any atom is 0.140 e. The summed E-state index contributed by atoms with van der Waals surface area (Å²) >= 11 is 9.50. The van der Waals surface area contributed by atoms with Gasteiger partial charge < -0.3 is 10.1 Å². The number of ether oxygens (including phenoxy) is 1. The summed E-state index contributed by atoms with van der Waals surface area (Å²) in [5.41, 5.74) is 1.05. The van der Waals surface area contributed by atoms with Crippen molar-refractivity contribution in [1.29, 1.82) is 0 Å². The summed E-state index contributed by atoms with van der Waals surface area (Å²) in [6.45, 7) is 6.65. The second kappa shape index (κ2) is 7.15. The Bertz CT molecular complexity index is 321. The molecule has 0 saturated heterocycles. The molecule has 0 radical (unpaired) electrons. The van der Waals surface area contributed by atoms with Gasteiger partial charge in [-0.05, 0) is 37.6 Å². The van der Waals surface area contributed by atoms with Crippen LogP contribution in [0, 0.1) is 6.92 Å². The fraction of sp³-hybridized carbons (Fsp3) is 0.500. The van der Waals surface area contributed by atoms with Crippen LogP contribution in [-0.4, -0.2) is 19.7 Å². The largest absolute Gasteiger partial charge is 0.490 e. The maximum atomic E-state index is 6.10. The molecule has 4 heteroatoms. The molecule has 0 bridgehead atoms. The monoisotopic (exact) mass is 305 g/mol. The van der Waals surface area contributed by atoms with Crippen LogP contribution < -0.4 is 10.1 Å². The summed E-state index contributed by atoms with van der Waals surface area (Å²) in [7, 11) is 0. The summed E-state index contributed by atoms with van der Waals surface area (Å²) < 4.78 is 6.63. The van der Waals surface area contributed by atoms with Gasteiger partial charge in [-0.3, -0.25) is 0 Å². The van der Waals surface area contributed by atoms with Gasteiger partial charge in [-0.15, -0.1) is 0 Å². The summed E-state index contributed by atoms with van der Waals surface area (Å²) in [6, 6.07) is 3.85. The highest BCUT2D eigenvalue weighted by Gasteiger charge is 2.06. The molecule has 0 spiro atoms. The van der Waals surface area contributed by atoms with E-state index in [4.69, 9.17) is 16.3 Å². The Kier molecular flexibility index (Phi) is 6.17. The zero-order valence-corrected chi connectivity index (χ0v) is 12.0. The highest BCUT2D eigenvalue weighted by molar-refractivity contribution is 9.10. The molecular weight excluding hydrogens is 289 g/mol. The molecule has 0 aliphatic rings. The van der Waals surface area contributed by atoms with Gasteiger partial charge in [0.05, 0.1) is 5.02 Å². The molecule has 1 aromatic rings. The summed E-state index contributed by atoms with van der Waals surface area (Å²) in [4.78, 5) is 0. The Morgan fingerprint density at radius 3 is 2.75 bits per heavy atom. The van der Waals surface area contributed by atoms with Crippen LogP contribution >= 0.6 is 27.5 Å². The fourth-order valence-corrected chi connectivity index (χ4v) is 2.42. The predicted molar refractivity (Wildman–Crippen MR) is 72.5 cm³/mol. The van der Waals surface area contributed by atoms with Crippen molar-refractivity contribution in [2.75, 3.05) is 19.7 Å². The molecule has 2 nitrogen and oxygen atoms in total. The first-order valence-electron chi connectivity index (χ1n) is 5.44. The lowest BCUT2D eigenvalue weighted by Crippen LogP contribution is -2.21. The van der Waals surface area contributed by atoms with E-state index in [1.807, 2.05) is 19.1 Å². The van der Waals surface area contributed by atoms with Gasteiger partial charge in [0.1, 0.15) is 12.4 Å². The molecule has 0 amide bonds. The Hall–Kier alpha value is -0.250. The predicted octanol–water partition coefficient (Wildman–Crippen LogP) is 3.79. The van der Waals surface area contributed by atoms with Crippen LogP contribution in [0.1, 0.15) is 18.9 Å². The number of hydrogen-bond acceptors (Lipinski definition) is 2. The lowest BCUT2D eigenvalue weighted by atomic mass is 10.2. The van der Waals surface area contributed by atoms with E-state index < -0.39 is 0 Å². The minimum atomic E-state index is 0.641. The van der Waals surface area contributed by atoms with Gasteiger partial charge in [0.25, 0.3) is 0 Å². The fourth-order valence-electron chi connectivity index (χ4n) is 1.40. The first kappa shape index (κ1) is 13.8. The number of hydrogen-bond donors (Lipinski definition) is 1. The van der Waals surface area contributed by atoms with Crippen LogP contribution in [0.4, 0.5) is 0 Å². The second-order valence-electron chi connectivity index (χ2n) is 3.63. The molecule has 0 aliphatic carbocycles. The lowest BCUT2D eigenvalue weighted by molar-refractivity contribution is 0.312. The molecule has 90 valence electrons. The Balaban J connectivity index is 2.47. The van der Waals surface area contributed by atoms with Gasteiger partial charge in [0.2, 0.25) is 0 Å².